The molecule has 0 fully saturated rings. The van der Waals surface area contributed by atoms with Gasteiger partial charge >= 0.3 is 6.01 Å². The van der Waals surface area contributed by atoms with Crippen LogP contribution in [0.2, 0.25) is 0 Å². The second kappa shape index (κ2) is 8.89. The number of aryl methyl sites for hydroxylation is 2. The lowest BCUT2D eigenvalue weighted by Crippen LogP contribution is -2.28. The fourth-order valence-electron chi connectivity index (χ4n) is 3.18. The molecule has 0 aliphatic rings. The Labute approximate surface area is 177 Å². The third-order valence-corrected chi connectivity index (χ3v) is 6.34. The summed E-state index contributed by atoms with van der Waals surface area (Å²) in [5.41, 5.74) is 2.67. The van der Waals surface area contributed by atoms with E-state index in [1.54, 1.807) is 25.3 Å². The third kappa shape index (κ3) is 4.66. The van der Waals surface area contributed by atoms with Crippen LogP contribution in [0.5, 0.6) is 17.5 Å². The lowest BCUT2D eigenvalue weighted by atomic mass is 10.2. The molecule has 3 rings (SSSR count). The molecule has 7 nitrogen and oxygen atoms in total. The van der Waals surface area contributed by atoms with Crippen molar-refractivity contribution in [1.29, 1.82) is 0 Å². The molecular formula is C22H27N3O4S. The van der Waals surface area contributed by atoms with Gasteiger partial charge in [0, 0.05) is 6.54 Å². The molecule has 0 bridgehead atoms. The van der Waals surface area contributed by atoms with E-state index in [-0.39, 0.29) is 4.90 Å². The number of methoxy groups -OCH3 is 1. The maximum absolute atomic E-state index is 13.0. The van der Waals surface area contributed by atoms with Crippen LogP contribution in [0.15, 0.2) is 53.6 Å². The molecule has 2 aromatic carbocycles. The Morgan fingerprint density at radius 2 is 1.77 bits per heavy atom. The molecule has 1 heterocycles. The Balaban J connectivity index is 1.86. The Hall–Kier alpha value is -2.84. The minimum atomic E-state index is -3.81. The van der Waals surface area contributed by atoms with Crippen molar-refractivity contribution in [3.05, 3.63) is 65.5 Å². The second-order valence-electron chi connectivity index (χ2n) is 7.12. The number of ether oxygens (including phenoxy) is 2. The van der Waals surface area contributed by atoms with Gasteiger partial charge in [-0.25, -0.2) is 18.1 Å². The van der Waals surface area contributed by atoms with E-state index in [1.807, 2.05) is 55.7 Å². The normalized spacial score (nSPS) is 12.6. The zero-order chi connectivity index (χ0) is 21.9. The Kier molecular flexibility index (Phi) is 6.48. The first-order valence-corrected chi connectivity index (χ1v) is 11.2. The van der Waals surface area contributed by atoms with Crippen LogP contribution in [0.1, 0.15) is 36.7 Å². The molecule has 0 saturated heterocycles. The molecule has 1 unspecified atom stereocenters. The van der Waals surface area contributed by atoms with E-state index >= 15 is 0 Å². The van der Waals surface area contributed by atoms with Crippen LogP contribution in [0.25, 0.3) is 0 Å². The highest BCUT2D eigenvalue weighted by molar-refractivity contribution is 7.89. The van der Waals surface area contributed by atoms with Crippen molar-refractivity contribution >= 4 is 10.0 Å². The van der Waals surface area contributed by atoms with E-state index in [0.717, 1.165) is 11.1 Å². The average molecular weight is 430 g/mol. The quantitative estimate of drug-likeness (QED) is 0.575. The fourth-order valence-corrected chi connectivity index (χ4v) is 4.65. The first kappa shape index (κ1) is 21.9. The van der Waals surface area contributed by atoms with Crippen molar-refractivity contribution in [2.45, 2.75) is 45.2 Å². The lowest BCUT2D eigenvalue weighted by Gasteiger charge is -2.18. The summed E-state index contributed by atoms with van der Waals surface area (Å²) in [6, 6.07) is 12.6. The highest BCUT2D eigenvalue weighted by atomic mass is 32.2. The molecule has 160 valence electrons. The highest BCUT2D eigenvalue weighted by Crippen LogP contribution is 2.28. The molecule has 8 heteroatoms. The van der Waals surface area contributed by atoms with Gasteiger partial charge in [0.25, 0.3) is 0 Å². The molecule has 1 aromatic heterocycles. The van der Waals surface area contributed by atoms with Gasteiger partial charge < -0.3 is 9.47 Å². The van der Waals surface area contributed by atoms with Crippen LogP contribution in [-0.2, 0) is 16.6 Å². The maximum atomic E-state index is 13.0. The van der Waals surface area contributed by atoms with Gasteiger partial charge in [-0.1, -0.05) is 23.8 Å². The van der Waals surface area contributed by atoms with E-state index in [1.165, 1.54) is 7.11 Å². The summed E-state index contributed by atoms with van der Waals surface area (Å²) in [6.07, 6.45) is 1.63. The Morgan fingerprint density at radius 1 is 1.10 bits per heavy atom. The zero-order valence-corrected chi connectivity index (χ0v) is 18.7. The number of nitrogens with one attached hydrogen (secondary N) is 1. The number of sulfonamides is 1. The summed E-state index contributed by atoms with van der Waals surface area (Å²) in [5.74, 6) is 0.970. The smallest absolute Gasteiger partial charge is 0.302 e. The van der Waals surface area contributed by atoms with Crippen LogP contribution in [-0.4, -0.2) is 25.1 Å². The van der Waals surface area contributed by atoms with Crippen molar-refractivity contribution in [3.63, 3.8) is 0 Å². The van der Waals surface area contributed by atoms with E-state index in [9.17, 15) is 8.42 Å². The molecule has 0 amide bonds. The van der Waals surface area contributed by atoms with Gasteiger partial charge in [-0.3, -0.25) is 4.57 Å². The number of imidazole rings is 1. The van der Waals surface area contributed by atoms with Gasteiger partial charge in [0.1, 0.15) is 16.4 Å². The summed E-state index contributed by atoms with van der Waals surface area (Å²) < 4.78 is 41.8. The largest absolute Gasteiger partial charge is 0.495 e. The van der Waals surface area contributed by atoms with Crippen molar-refractivity contribution in [2.24, 2.45) is 0 Å². The first-order valence-electron chi connectivity index (χ1n) is 9.72. The highest BCUT2D eigenvalue weighted by Gasteiger charge is 2.25. The summed E-state index contributed by atoms with van der Waals surface area (Å²) in [7, 11) is -2.36. The molecule has 0 saturated carbocycles. The molecule has 0 spiro atoms. The van der Waals surface area contributed by atoms with Gasteiger partial charge in [-0.05, 0) is 57.5 Å². The molecule has 30 heavy (non-hydrogen) atoms. The molecule has 1 atom stereocenters. The van der Waals surface area contributed by atoms with Crippen molar-refractivity contribution in [3.8, 4) is 17.5 Å². The van der Waals surface area contributed by atoms with E-state index in [0.29, 0.717) is 29.7 Å². The molecule has 0 aliphatic heterocycles. The number of rotatable bonds is 8. The van der Waals surface area contributed by atoms with Crippen LogP contribution in [0.3, 0.4) is 0 Å². The maximum Gasteiger partial charge on any atom is 0.302 e. The Bertz CT molecular complexity index is 1120. The predicted octanol–water partition coefficient (Wildman–Crippen LogP) is 4.36. The number of hydrogen-bond acceptors (Lipinski definition) is 5. The molecular weight excluding hydrogens is 402 g/mol. The topological polar surface area (TPSA) is 82.5 Å². The minimum absolute atomic E-state index is 0.107. The number of benzene rings is 2. The van der Waals surface area contributed by atoms with Crippen LogP contribution in [0.4, 0.5) is 0 Å². The molecule has 0 aliphatic carbocycles. The summed E-state index contributed by atoms with van der Waals surface area (Å²) in [6.45, 7) is 8.15. The average Bonchev–Trinajstić information content (AvgIpc) is 3.12. The van der Waals surface area contributed by atoms with Gasteiger partial charge in [-0.15, -0.1) is 0 Å². The number of nitrogens with zero attached hydrogens (tertiary/aromatic N) is 2. The van der Waals surface area contributed by atoms with E-state index in [2.05, 4.69) is 9.71 Å². The minimum Gasteiger partial charge on any atom is -0.495 e. The van der Waals surface area contributed by atoms with Crippen LogP contribution in [0, 0.1) is 13.8 Å². The van der Waals surface area contributed by atoms with Gasteiger partial charge in [0.15, 0.2) is 0 Å². The van der Waals surface area contributed by atoms with Gasteiger partial charge in [0.05, 0.1) is 25.0 Å². The lowest BCUT2D eigenvalue weighted by molar-refractivity contribution is 0.401. The van der Waals surface area contributed by atoms with E-state index in [4.69, 9.17) is 9.47 Å². The SMILES string of the molecule is CCn1c(C(C)NS(=O)(=O)c2cc(C)ccc2OC)cnc1Oc1ccc(C)cc1. The first-order chi connectivity index (χ1) is 14.2. The standard InChI is InChI=1S/C22H27N3O4S/c1-6-25-19(14-23-22(25)29-18-10-7-15(2)8-11-18)17(4)24-30(26,27)21-13-16(3)9-12-20(21)28-5/h7-14,17,24H,6H2,1-5H3. The monoisotopic (exact) mass is 429 g/mol. The van der Waals surface area contributed by atoms with Crippen LogP contribution >= 0.6 is 0 Å². The Morgan fingerprint density at radius 3 is 2.40 bits per heavy atom. The van der Waals surface area contributed by atoms with Crippen LogP contribution < -0.4 is 14.2 Å². The van der Waals surface area contributed by atoms with Gasteiger partial charge in [0.2, 0.25) is 10.0 Å². The molecule has 3 aromatic rings. The predicted molar refractivity (Wildman–Crippen MR) is 116 cm³/mol. The second-order valence-corrected chi connectivity index (χ2v) is 8.80. The summed E-state index contributed by atoms with van der Waals surface area (Å²) in [4.78, 5) is 4.46. The fraction of sp³-hybridized carbons (Fsp3) is 0.318. The van der Waals surface area contributed by atoms with Crippen molar-refractivity contribution < 1.29 is 17.9 Å². The molecule has 0 radical (unpaired) electrons. The van der Waals surface area contributed by atoms with Gasteiger partial charge in [-0.2, -0.15) is 0 Å². The molecule has 1 N–H and O–H groups in total. The zero-order valence-electron chi connectivity index (χ0n) is 17.8. The number of aromatic nitrogens is 2. The summed E-state index contributed by atoms with van der Waals surface area (Å²) in [5, 5.41) is 0. The third-order valence-electron chi connectivity index (χ3n) is 4.78. The summed E-state index contributed by atoms with van der Waals surface area (Å²) >= 11 is 0. The number of hydrogen-bond donors (Lipinski definition) is 1. The van der Waals surface area contributed by atoms with E-state index < -0.39 is 16.1 Å². The van der Waals surface area contributed by atoms with Crippen molar-refractivity contribution in [2.75, 3.05) is 7.11 Å². The van der Waals surface area contributed by atoms with Crippen molar-refractivity contribution in [1.82, 2.24) is 14.3 Å².